The van der Waals surface area contributed by atoms with E-state index in [1.807, 2.05) is 31.4 Å². The van der Waals surface area contributed by atoms with Gasteiger partial charge in [-0.3, -0.25) is 9.98 Å². The molecule has 0 aliphatic heterocycles. The molecule has 0 radical (unpaired) electrons. The number of pyridine rings is 1. The molecule has 0 aliphatic carbocycles. The highest BCUT2D eigenvalue weighted by Gasteiger charge is 2.13. The smallest absolute Gasteiger partial charge is 0.191 e. The van der Waals surface area contributed by atoms with Crippen molar-refractivity contribution in [1.82, 2.24) is 20.5 Å². The largest absolute Gasteiger partial charge is 0.356 e. The zero-order chi connectivity index (χ0) is 16.4. The van der Waals surface area contributed by atoms with Crippen molar-refractivity contribution in [2.45, 2.75) is 32.7 Å². The molecule has 1 atom stereocenters. The molecule has 0 aliphatic rings. The van der Waals surface area contributed by atoms with E-state index in [0.29, 0.717) is 12.0 Å². The van der Waals surface area contributed by atoms with E-state index in [-0.39, 0.29) is 0 Å². The van der Waals surface area contributed by atoms with Crippen molar-refractivity contribution in [2.24, 2.45) is 10.9 Å². The van der Waals surface area contributed by atoms with Crippen LogP contribution in [-0.2, 0) is 6.42 Å². The monoisotopic (exact) mass is 305 g/mol. The number of nitrogens with one attached hydrogen (secondary N) is 2. The van der Waals surface area contributed by atoms with Gasteiger partial charge in [0.1, 0.15) is 0 Å². The Morgan fingerprint density at radius 3 is 2.59 bits per heavy atom. The second kappa shape index (κ2) is 10.2. The summed E-state index contributed by atoms with van der Waals surface area (Å²) < 4.78 is 0. The minimum Gasteiger partial charge on any atom is -0.356 e. The average Bonchev–Trinajstić information content (AvgIpc) is 2.49. The number of aliphatic imine (C=N–C) groups is 1. The Hall–Kier alpha value is -1.62. The van der Waals surface area contributed by atoms with Gasteiger partial charge in [0.15, 0.2) is 5.96 Å². The van der Waals surface area contributed by atoms with Crippen molar-refractivity contribution in [3.8, 4) is 0 Å². The predicted octanol–water partition coefficient (Wildman–Crippen LogP) is 1.77. The van der Waals surface area contributed by atoms with Crippen molar-refractivity contribution in [2.75, 3.05) is 34.2 Å². The van der Waals surface area contributed by atoms with E-state index in [1.165, 1.54) is 6.42 Å². The summed E-state index contributed by atoms with van der Waals surface area (Å²) in [5.41, 5.74) is 1.09. The summed E-state index contributed by atoms with van der Waals surface area (Å²) in [6.45, 7) is 6.24. The minimum atomic E-state index is 0.509. The maximum absolute atomic E-state index is 4.32. The second-order valence-electron chi connectivity index (χ2n) is 6.20. The van der Waals surface area contributed by atoms with Gasteiger partial charge in [0, 0.05) is 44.5 Å². The maximum atomic E-state index is 4.32. The van der Waals surface area contributed by atoms with Crippen LogP contribution in [0.2, 0.25) is 0 Å². The Bertz CT molecular complexity index is 428. The van der Waals surface area contributed by atoms with Gasteiger partial charge in [-0.2, -0.15) is 0 Å². The van der Waals surface area contributed by atoms with Crippen molar-refractivity contribution in [3.05, 3.63) is 30.1 Å². The van der Waals surface area contributed by atoms with Crippen molar-refractivity contribution >= 4 is 5.96 Å². The van der Waals surface area contributed by atoms with Crippen LogP contribution in [0.4, 0.5) is 0 Å². The third-order valence-electron chi connectivity index (χ3n) is 3.60. The second-order valence-corrected chi connectivity index (χ2v) is 6.20. The lowest BCUT2D eigenvalue weighted by atomic mass is 10.0. The lowest BCUT2D eigenvalue weighted by Gasteiger charge is -2.27. The summed E-state index contributed by atoms with van der Waals surface area (Å²) in [7, 11) is 6.07. The fourth-order valence-corrected chi connectivity index (χ4v) is 2.31. The summed E-state index contributed by atoms with van der Waals surface area (Å²) in [6.07, 6.45) is 3.89. The number of aromatic nitrogens is 1. The molecule has 0 bridgehead atoms. The molecule has 1 aromatic heterocycles. The number of hydrogen-bond acceptors (Lipinski definition) is 3. The maximum Gasteiger partial charge on any atom is 0.191 e. The Morgan fingerprint density at radius 2 is 2.05 bits per heavy atom. The molecule has 22 heavy (non-hydrogen) atoms. The van der Waals surface area contributed by atoms with Gasteiger partial charge >= 0.3 is 0 Å². The molecule has 124 valence electrons. The quantitative estimate of drug-likeness (QED) is 0.568. The molecule has 0 saturated carbocycles. The topological polar surface area (TPSA) is 52.6 Å². The molecule has 2 N–H and O–H groups in total. The summed E-state index contributed by atoms with van der Waals surface area (Å²) in [5, 5.41) is 6.77. The van der Waals surface area contributed by atoms with Crippen molar-refractivity contribution < 1.29 is 0 Å². The molecule has 1 rings (SSSR count). The highest BCUT2D eigenvalue weighted by atomic mass is 15.2. The lowest BCUT2D eigenvalue weighted by molar-refractivity contribution is 0.254. The van der Waals surface area contributed by atoms with E-state index in [2.05, 4.69) is 53.5 Å². The average molecular weight is 305 g/mol. The molecule has 1 unspecified atom stereocenters. The molecule has 0 fully saturated rings. The van der Waals surface area contributed by atoms with E-state index in [9.17, 15) is 0 Å². The summed E-state index contributed by atoms with van der Waals surface area (Å²) >= 11 is 0. The Labute approximate surface area is 135 Å². The number of guanidine groups is 1. The van der Waals surface area contributed by atoms with Gasteiger partial charge in [-0.05, 0) is 38.6 Å². The number of hydrogen-bond donors (Lipinski definition) is 2. The first-order chi connectivity index (χ1) is 10.5. The molecular formula is C17H31N5. The summed E-state index contributed by atoms with van der Waals surface area (Å²) in [6, 6.07) is 6.51. The molecular weight excluding hydrogens is 274 g/mol. The molecule has 1 aromatic rings. The van der Waals surface area contributed by atoms with Crippen LogP contribution >= 0.6 is 0 Å². The van der Waals surface area contributed by atoms with Crippen LogP contribution < -0.4 is 10.6 Å². The van der Waals surface area contributed by atoms with E-state index in [4.69, 9.17) is 0 Å². The molecule has 0 aromatic carbocycles. The van der Waals surface area contributed by atoms with Crippen LogP contribution in [0.5, 0.6) is 0 Å². The Kier molecular flexibility index (Phi) is 8.51. The predicted molar refractivity (Wildman–Crippen MR) is 94.2 cm³/mol. The van der Waals surface area contributed by atoms with Gasteiger partial charge in [0.25, 0.3) is 0 Å². The van der Waals surface area contributed by atoms with Gasteiger partial charge in [0.2, 0.25) is 0 Å². The van der Waals surface area contributed by atoms with Crippen LogP contribution in [0.1, 0.15) is 26.0 Å². The summed E-state index contributed by atoms with van der Waals surface area (Å²) in [4.78, 5) is 10.9. The van der Waals surface area contributed by atoms with Gasteiger partial charge in [0.05, 0.1) is 0 Å². The first-order valence-electron chi connectivity index (χ1n) is 8.03. The third kappa shape index (κ3) is 7.41. The fraction of sp³-hybridized carbons (Fsp3) is 0.647. The van der Waals surface area contributed by atoms with Crippen LogP contribution in [0.25, 0.3) is 0 Å². The molecule has 5 heteroatoms. The molecule has 1 heterocycles. The lowest BCUT2D eigenvalue weighted by Crippen LogP contribution is -2.45. The van der Waals surface area contributed by atoms with Crippen LogP contribution in [-0.4, -0.2) is 56.1 Å². The van der Waals surface area contributed by atoms with Crippen LogP contribution in [0, 0.1) is 5.92 Å². The number of rotatable bonds is 8. The SMILES string of the molecule is CN=C(NCCc1ccccn1)NCC(CC(C)C)N(C)C. The molecule has 5 nitrogen and oxygen atoms in total. The number of nitrogens with zero attached hydrogens (tertiary/aromatic N) is 3. The van der Waals surface area contributed by atoms with E-state index >= 15 is 0 Å². The van der Waals surface area contributed by atoms with Crippen molar-refractivity contribution in [1.29, 1.82) is 0 Å². The zero-order valence-electron chi connectivity index (χ0n) is 14.6. The molecule has 0 spiro atoms. The summed E-state index contributed by atoms with van der Waals surface area (Å²) in [5.74, 6) is 1.54. The van der Waals surface area contributed by atoms with Gasteiger partial charge in [-0.1, -0.05) is 19.9 Å². The van der Waals surface area contributed by atoms with Gasteiger partial charge in [-0.25, -0.2) is 0 Å². The Balaban J connectivity index is 2.35. The van der Waals surface area contributed by atoms with E-state index < -0.39 is 0 Å². The molecule has 0 saturated heterocycles. The third-order valence-corrected chi connectivity index (χ3v) is 3.60. The van der Waals surface area contributed by atoms with E-state index in [1.54, 1.807) is 0 Å². The van der Waals surface area contributed by atoms with Gasteiger partial charge in [-0.15, -0.1) is 0 Å². The van der Waals surface area contributed by atoms with E-state index in [0.717, 1.165) is 31.2 Å². The fourth-order valence-electron chi connectivity index (χ4n) is 2.31. The zero-order valence-corrected chi connectivity index (χ0v) is 14.6. The van der Waals surface area contributed by atoms with Crippen molar-refractivity contribution in [3.63, 3.8) is 0 Å². The number of likely N-dealkylation sites (N-methyl/N-ethyl adjacent to an activating group) is 1. The normalized spacial score (nSPS) is 13.5. The molecule has 0 amide bonds. The minimum absolute atomic E-state index is 0.509. The Morgan fingerprint density at radius 1 is 1.27 bits per heavy atom. The first-order valence-corrected chi connectivity index (χ1v) is 8.03. The first kappa shape index (κ1) is 18.4. The van der Waals surface area contributed by atoms with Crippen LogP contribution in [0.15, 0.2) is 29.4 Å². The highest BCUT2D eigenvalue weighted by molar-refractivity contribution is 5.79. The standard InChI is InChI=1S/C17H31N5/c1-14(2)12-16(22(4)5)13-21-17(18-3)20-11-9-15-8-6-7-10-19-15/h6-8,10,14,16H,9,11-13H2,1-5H3,(H2,18,20,21). The van der Waals surface area contributed by atoms with Gasteiger partial charge < -0.3 is 15.5 Å². The highest BCUT2D eigenvalue weighted by Crippen LogP contribution is 2.07. The van der Waals surface area contributed by atoms with Crippen LogP contribution in [0.3, 0.4) is 0 Å².